The minimum absolute atomic E-state index is 0.00570. The van der Waals surface area contributed by atoms with E-state index in [4.69, 9.17) is 10.9 Å². The normalized spacial score (nSPS) is 14.0. The standard InChI is InChI=1S/C15H17N3O2S/c16-12-7-14(9-15(8-12)21(17,19)20)18-13-5-4-10-2-1-3-11(10)6-13/h4-9,18H,1-3,16H2,(H2,17,19,20). The number of nitrogens with two attached hydrogens (primary N) is 2. The molecule has 5 N–H and O–H groups in total. The van der Waals surface area contributed by atoms with E-state index in [9.17, 15) is 8.42 Å². The summed E-state index contributed by atoms with van der Waals surface area (Å²) in [6.45, 7) is 0. The van der Waals surface area contributed by atoms with E-state index in [-0.39, 0.29) is 4.90 Å². The maximum atomic E-state index is 11.4. The Labute approximate surface area is 124 Å². The van der Waals surface area contributed by atoms with E-state index in [2.05, 4.69) is 17.4 Å². The van der Waals surface area contributed by atoms with Gasteiger partial charge in [-0.05, 0) is 60.7 Å². The molecule has 21 heavy (non-hydrogen) atoms. The van der Waals surface area contributed by atoms with Gasteiger partial charge in [0.25, 0.3) is 0 Å². The number of nitrogen functional groups attached to an aromatic ring is 1. The molecule has 2 aromatic carbocycles. The Kier molecular flexibility index (Phi) is 3.35. The summed E-state index contributed by atoms with van der Waals surface area (Å²) < 4.78 is 22.9. The zero-order valence-electron chi connectivity index (χ0n) is 11.5. The van der Waals surface area contributed by atoms with Crippen molar-refractivity contribution in [3.8, 4) is 0 Å². The lowest BCUT2D eigenvalue weighted by atomic mass is 10.1. The van der Waals surface area contributed by atoms with Crippen molar-refractivity contribution in [3.63, 3.8) is 0 Å². The summed E-state index contributed by atoms with van der Waals surface area (Å²) in [6, 6.07) is 10.7. The molecule has 0 saturated heterocycles. The topological polar surface area (TPSA) is 98.2 Å². The third kappa shape index (κ3) is 3.01. The molecule has 1 aliphatic carbocycles. The summed E-state index contributed by atoms with van der Waals surface area (Å²) in [6.07, 6.45) is 3.40. The molecule has 0 heterocycles. The monoisotopic (exact) mass is 303 g/mol. The predicted octanol–water partition coefficient (Wildman–Crippen LogP) is 2.15. The summed E-state index contributed by atoms with van der Waals surface area (Å²) >= 11 is 0. The Morgan fingerprint density at radius 3 is 2.48 bits per heavy atom. The minimum Gasteiger partial charge on any atom is -0.399 e. The SMILES string of the molecule is Nc1cc(Nc2ccc3c(c2)CCC3)cc(S(N)(=O)=O)c1. The van der Waals surface area contributed by atoms with Gasteiger partial charge in [-0.3, -0.25) is 0 Å². The largest absolute Gasteiger partial charge is 0.399 e. The van der Waals surface area contributed by atoms with E-state index in [1.165, 1.54) is 29.7 Å². The highest BCUT2D eigenvalue weighted by atomic mass is 32.2. The molecular formula is C15H17N3O2S. The smallest absolute Gasteiger partial charge is 0.238 e. The van der Waals surface area contributed by atoms with Gasteiger partial charge in [0.05, 0.1) is 4.90 Å². The lowest BCUT2D eigenvalue weighted by molar-refractivity contribution is 0.598. The van der Waals surface area contributed by atoms with Crippen molar-refractivity contribution >= 4 is 27.1 Å². The van der Waals surface area contributed by atoms with Crippen LogP contribution in [0.1, 0.15) is 17.5 Å². The predicted molar refractivity (Wildman–Crippen MR) is 84.0 cm³/mol. The van der Waals surface area contributed by atoms with E-state index in [0.29, 0.717) is 11.4 Å². The summed E-state index contributed by atoms with van der Waals surface area (Å²) in [7, 11) is -3.77. The number of hydrogen-bond acceptors (Lipinski definition) is 4. The highest BCUT2D eigenvalue weighted by molar-refractivity contribution is 7.89. The van der Waals surface area contributed by atoms with Gasteiger partial charge in [-0.2, -0.15) is 0 Å². The second-order valence-electron chi connectivity index (χ2n) is 5.30. The maximum absolute atomic E-state index is 11.4. The molecule has 1 aliphatic rings. The second kappa shape index (κ2) is 5.05. The lowest BCUT2D eigenvalue weighted by Gasteiger charge is -2.11. The highest BCUT2D eigenvalue weighted by Crippen LogP contribution is 2.28. The van der Waals surface area contributed by atoms with Gasteiger partial charge in [0.15, 0.2) is 0 Å². The fourth-order valence-electron chi connectivity index (χ4n) is 2.67. The molecule has 0 amide bonds. The molecule has 0 aromatic heterocycles. The Morgan fingerprint density at radius 2 is 1.71 bits per heavy atom. The second-order valence-corrected chi connectivity index (χ2v) is 6.86. The Morgan fingerprint density at radius 1 is 0.952 bits per heavy atom. The molecular weight excluding hydrogens is 286 g/mol. The van der Waals surface area contributed by atoms with Crippen LogP contribution >= 0.6 is 0 Å². The molecule has 0 saturated carbocycles. The molecule has 0 unspecified atom stereocenters. The number of hydrogen-bond donors (Lipinski definition) is 3. The van der Waals surface area contributed by atoms with Crippen molar-refractivity contribution in [3.05, 3.63) is 47.5 Å². The number of sulfonamides is 1. The number of fused-ring (bicyclic) bond motifs is 1. The van der Waals surface area contributed by atoms with Crippen LogP contribution in [0, 0.1) is 0 Å². The third-order valence-electron chi connectivity index (χ3n) is 3.64. The number of primary sulfonamides is 1. The summed E-state index contributed by atoms with van der Waals surface area (Å²) in [5.74, 6) is 0. The first kappa shape index (κ1) is 13.9. The Bertz CT molecular complexity index is 801. The maximum Gasteiger partial charge on any atom is 0.238 e. The molecule has 0 radical (unpaired) electrons. The Balaban J connectivity index is 1.93. The van der Waals surface area contributed by atoms with Crippen LogP contribution in [-0.2, 0) is 22.9 Å². The van der Waals surface area contributed by atoms with Crippen LogP contribution in [0.4, 0.5) is 17.1 Å². The van der Waals surface area contributed by atoms with Gasteiger partial charge >= 0.3 is 0 Å². The summed E-state index contributed by atoms with van der Waals surface area (Å²) in [5, 5.41) is 8.34. The van der Waals surface area contributed by atoms with E-state index >= 15 is 0 Å². The van der Waals surface area contributed by atoms with Crippen LogP contribution < -0.4 is 16.2 Å². The number of benzene rings is 2. The van der Waals surface area contributed by atoms with Crippen LogP contribution in [-0.4, -0.2) is 8.42 Å². The van der Waals surface area contributed by atoms with Gasteiger partial charge in [-0.15, -0.1) is 0 Å². The van der Waals surface area contributed by atoms with Crippen LogP contribution in [0.25, 0.3) is 0 Å². The van der Waals surface area contributed by atoms with E-state index in [0.717, 1.165) is 18.5 Å². The fourth-order valence-corrected chi connectivity index (χ4v) is 3.27. The first-order valence-electron chi connectivity index (χ1n) is 6.74. The molecule has 0 fully saturated rings. The van der Waals surface area contributed by atoms with Crippen molar-refractivity contribution < 1.29 is 8.42 Å². The van der Waals surface area contributed by atoms with Crippen molar-refractivity contribution in [2.75, 3.05) is 11.1 Å². The number of aryl methyl sites for hydroxylation is 2. The van der Waals surface area contributed by atoms with Crippen molar-refractivity contribution in [1.29, 1.82) is 0 Å². The van der Waals surface area contributed by atoms with Crippen molar-refractivity contribution in [2.24, 2.45) is 5.14 Å². The average molecular weight is 303 g/mol. The van der Waals surface area contributed by atoms with Gasteiger partial charge in [0.2, 0.25) is 10.0 Å². The molecule has 0 atom stereocenters. The molecule has 3 rings (SSSR count). The number of rotatable bonds is 3. The van der Waals surface area contributed by atoms with Crippen LogP contribution in [0.5, 0.6) is 0 Å². The molecule has 2 aromatic rings. The van der Waals surface area contributed by atoms with Crippen LogP contribution in [0.15, 0.2) is 41.3 Å². The third-order valence-corrected chi connectivity index (χ3v) is 4.54. The van der Waals surface area contributed by atoms with Gasteiger partial charge in [0, 0.05) is 17.1 Å². The van der Waals surface area contributed by atoms with E-state index in [1.807, 2.05) is 6.07 Å². The minimum atomic E-state index is -3.77. The van der Waals surface area contributed by atoms with E-state index in [1.54, 1.807) is 6.07 Å². The van der Waals surface area contributed by atoms with Crippen molar-refractivity contribution in [2.45, 2.75) is 24.2 Å². The van der Waals surface area contributed by atoms with Crippen molar-refractivity contribution in [1.82, 2.24) is 0 Å². The molecule has 6 heteroatoms. The zero-order valence-corrected chi connectivity index (χ0v) is 12.3. The molecule has 0 spiro atoms. The summed E-state index contributed by atoms with van der Waals surface area (Å²) in [4.78, 5) is 0.00570. The van der Waals surface area contributed by atoms with Gasteiger partial charge in [0.1, 0.15) is 0 Å². The van der Waals surface area contributed by atoms with Gasteiger partial charge in [-0.25, -0.2) is 13.6 Å². The van der Waals surface area contributed by atoms with Crippen LogP contribution in [0.2, 0.25) is 0 Å². The Hall–Kier alpha value is -2.05. The molecule has 0 bridgehead atoms. The van der Waals surface area contributed by atoms with Crippen LogP contribution in [0.3, 0.4) is 0 Å². The molecule has 5 nitrogen and oxygen atoms in total. The first-order chi connectivity index (χ1) is 9.91. The average Bonchev–Trinajstić information content (AvgIpc) is 2.84. The fraction of sp³-hybridized carbons (Fsp3) is 0.200. The zero-order chi connectivity index (χ0) is 15.0. The highest BCUT2D eigenvalue weighted by Gasteiger charge is 2.12. The van der Waals surface area contributed by atoms with E-state index < -0.39 is 10.0 Å². The number of anilines is 3. The summed E-state index contributed by atoms with van der Waals surface area (Å²) in [5.41, 5.74) is 10.3. The lowest BCUT2D eigenvalue weighted by Crippen LogP contribution is -2.12. The van der Waals surface area contributed by atoms with Gasteiger partial charge in [-0.1, -0.05) is 6.07 Å². The number of nitrogens with one attached hydrogen (secondary N) is 1. The molecule has 110 valence electrons. The van der Waals surface area contributed by atoms with Gasteiger partial charge < -0.3 is 11.1 Å². The first-order valence-corrected chi connectivity index (χ1v) is 8.29. The molecule has 0 aliphatic heterocycles. The quantitative estimate of drug-likeness (QED) is 0.757.